The zero-order valence-corrected chi connectivity index (χ0v) is 12.1. The predicted molar refractivity (Wildman–Crippen MR) is 76.8 cm³/mol. The first-order valence-electron chi connectivity index (χ1n) is 6.99. The van der Waals surface area contributed by atoms with Crippen molar-refractivity contribution in [2.45, 2.75) is 25.5 Å². The Kier molecular flexibility index (Phi) is 5.43. The standard InChI is InChI=1S/C15H20N2O4/c1-20-15(19)17-9-5-8-13(10-17)16-14(18)21-11-12-6-3-2-4-7-12/h2-4,6-7,13H,5,8-11H2,1H3,(H,16,18). The quantitative estimate of drug-likeness (QED) is 0.927. The van der Waals surface area contributed by atoms with E-state index >= 15 is 0 Å². The lowest BCUT2D eigenvalue weighted by molar-refractivity contribution is 0.100. The Morgan fingerprint density at radius 1 is 1.33 bits per heavy atom. The molecule has 2 amide bonds. The minimum atomic E-state index is -0.462. The second-order valence-corrected chi connectivity index (χ2v) is 4.96. The van der Waals surface area contributed by atoms with E-state index in [9.17, 15) is 9.59 Å². The first kappa shape index (κ1) is 15.2. The number of alkyl carbamates (subject to hydrolysis) is 1. The number of amides is 2. The molecule has 1 heterocycles. The molecule has 1 unspecified atom stereocenters. The van der Waals surface area contributed by atoms with Crippen LogP contribution < -0.4 is 5.32 Å². The molecule has 1 atom stereocenters. The molecule has 0 aliphatic carbocycles. The molecule has 21 heavy (non-hydrogen) atoms. The monoisotopic (exact) mass is 292 g/mol. The summed E-state index contributed by atoms with van der Waals surface area (Å²) < 4.78 is 9.86. The molecule has 6 heteroatoms. The highest BCUT2D eigenvalue weighted by Crippen LogP contribution is 2.11. The van der Waals surface area contributed by atoms with Crippen LogP contribution in [-0.4, -0.2) is 43.3 Å². The molecular formula is C15H20N2O4. The number of nitrogens with one attached hydrogen (secondary N) is 1. The molecule has 114 valence electrons. The first-order chi connectivity index (χ1) is 10.2. The van der Waals surface area contributed by atoms with Crippen molar-refractivity contribution in [3.63, 3.8) is 0 Å². The van der Waals surface area contributed by atoms with Gasteiger partial charge in [0.2, 0.25) is 0 Å². The van der Waals surface area contributed by atoms with E-state index in [2.05, 4.69) is 5.32 Å². The number of rotatable bonds is 3. The lowest BCUT2D eigenvalue weighted by Crippen LogP contribution is -2.49. The number of piperidine rings is 1. The largest absolute Gasteiger partial charge is 0.453 e. The van der Waals surface area contributed by atoms with Gasteiger partial charge in [0.15, 0.2) is 0 Å². The van der Waals surface area contributed by atoms with E-state index in [0.29, 0.717) is 13.1 Å². The first-order valence-corrected chi connectivity index (χ1v) is 6.99. The number of carbonyl (C=O) groups is 2. The second kappa shape index (κ2) is 7.52. The second-order valence-electron chi connectivity index (χ2n) is 4.96. The molecule has 1 aromatic rings. The van der Waals surface area contributed by atoms with Gasteiger partial charge in [-0.3, -0.25) is 0 Å². The molecule has 1 aliphatic rings. The maximum Gasteiger partial charge on any atom is 0.409 e. The minimum absolute atomic E-state index is 0.0962. The van der Waals surface area contributed by atoms with Crippen LogP contribution in [0.3, 0.4) is 0 Å². The van der Waals surface area contributed by atoms with Gasteiger partial charge in [0.25, 0.3) is 0 Å². The number of carbonyl (C=O) groups excluding carboxylic acids is 2. The third-order valence-electron chi connectivity index (χ3n) is 3.39. The van der Waals surface area contributed by atoms with Crippen molar-refractivity contribution in [2.75, 3.05) is 20.2 Å². The Morgan fingerprint density at radius 2 is 2.10 bits per heavy atom. The predicted octanol–water partition coefficient (Wildman–Crippen LogP) is 2.14. The van der Waals surface area contributed by atoms with Crippen LogP contribution in [0.25, 0.3) is 0 Å². The van der Waals surface area contributed by atoms with Crippen molar-refractivity contribution in [3.05, 3.63) is 35.9 Å². The van der Waals surface area contributed by atoms with Gasteiger partial charge in [-0.25, -0.2) is 9.59 Å². The Bertz CT molecular complexity index is 478. The Labute approximate surface area is 124 Å². The van der Waals surface area contributed by atoms with Crippen molar-refractivity contribution in [1.82, 2.24) is 10.2 Å². The number of methoxy groups -OCH3 is 1. The van der Waals surface area contributed by atoms with E-state index in [1.165, 1.54) is 7.11 Å². The molecule has 1 fully saturated rings. The molecule has 0 bridgehead atoms. The summed E-state index contributed by atoms with van der Waals surface area (Å²) >= 11 is 0. The summed E-state index contributed by atoms with van der Waals surface area (Å²) in [5.74, 6) is 0. The minimum Gasteiger partial charge on any atom is -0.453 e. The van der Waals surface area contributed by atoms with Crippen LogP contribution in [0, 0.1) is 0 Å². The maximum atomic E-state index is 11.8. The van der Waals surface area contributed by atoms with Gasteiger partial charge in [-0.2, -0.15) is 0 Å². The third kappa shape index (κ3) is 4.66. The van der Waals surface area contributed by atoms with Crippen molar-refractivity contribution in [2.24, 2.45) is 0 Å². The molecule has 0 radical (unpaired) electrons. The number of ether oxygens (including phenoxy) is 2. The average Bonchev–Trinajstić information content (AvgIpc) is 2.53. The lowest BCUT2D eigenvalue weighted by atomic mass is 10.1. The van der Waals surface area contributed by atoms with Crippen molar-refractivity contribution < 1.29 is 19.1 Å². The zero-order chi connectivity index (χ0) is 15.1. The SMILES string of the molecule is COC(=O)N1CCCC(NC(=O)OCc2ccccc2)C1. The number of likely N-dealkylation sites (tertiary alicyclic amines) is 1. The molecule has 0 aromatic heterocycles. The number of hydrogen-bond donors (Lipinski definition) is 1. The van der Waals surface area contributed by atoms with Gasteiger partial charge < -0.3 is 19.7 Å². The number of nitrogens with zero attached hydrogens (tertiary/aromatic N) is 1. The highest BCUT2D eigenvalue weighted by atomic mass is 16.5. The van der Waals surface area contributed by atoms with Gasteiger partial charge >= 0.3 is 12.2 Å². The van der Waals surface area contributed by atoms with E-state index in [0.717, 1.165) is 18.4 Å². The topological polar surface area (TPSA) is 67.9 Å². The van der Waals surface area contributed by atoms with Crippen LogP contribution in [0.15, 0.2) is 30.3 Å². The van der Waals surface area contributed by atoms with Gasteiger partial charge in [0, 0.05) is 19.1 Å². The molecule has 6 nitrogen and oxygen atoms in total. The lowest BCUT2D eigenvalue weighted by Gasteiger charge is -2.31. The molecule has 1 aliphatic heterocycles. The summed E-state index contributed by atoms with van der Waals surface area (Å²) in [6.07, 6.45) is 0.835. The van der Waals surface area contributed by atoms with Gasteiger partial charge in [-0.1, -0.05) is 30.3 Å². The van der Waals surface area contributed by atoms with E-state index < -0.39 is 6.09 Å². The van der Waals surface area contributed by atoms with Crippen LogP contribution in [0.2, 0.25) is 0 Å². The van der Waals surface area contributed by atoms with Crippen molar-refractivity contribution in [1.29, 1.82) is 0 Å². The van der Waals surface area contributed by atoms with Crippen LogP contribution in [0.4, 0.5) is 9.59 Å². The number of hydrogen-bond acceptors (Lipinski definition) is 4. The Hall–Kier alpha value is -2.24. The van der Waals surface area contributed by atoms with Crippen molar-refractivity contribution in [3.8, 4) is 0 Å². The number of benzene rings is 1. The summed E-state index contributed by atoms with van der Waals surface area (Å²) in [6.45, 7) is 1.34. The summed E-state index contributed by atoms with van der Waals surface area (Å²) in [5.41, 5.74) is 0.937. The van der Waals surface area contributed by atoms with Gasteiger partial charge in [0.05, 0.1) is 7.11 Å². The highest BCUT2D eigenvalue weighted by Gasteiger charge is 2.25. The molecule has 1 saturated heterocycles. The van der Waals surface area contributed by atoms with Crippen LogP contribution in [-0.2, 0) is 16.1 Å². The Balaban J connectivity index is 1.76. The summed E-state index contributed by atoms with van der Waals surface area (Å²) in [5, 5.41) is 2.79. The summed E-state index contributed by atoms with van der Waals surface area (Å²) in [4.78, 5) is 24.8. The van der Waals surface area contributed by atoms with E-state index in [-0.39, 0.29) is 18.7 Å². The van der Waals surface area contributed by atoms with E-state index in [1.807, 2.05) is 30.3 Å². The van der Waals surface area contributed by atoms with E-state index in [4.69, 9.17) is 9.47 Å². The fraction of sp³-hybridized carbons (Fsp3) is 0.467. The summed E-state index contributed by atoms with van der Waals surface area (Å²) in [6, 6.07) is 9.39. The van der Waals surface area contributed by atoms with Crippen LogP contribution >= 0.6 is 0 Å². The van der Waals surface area contributed by atoms with E-state index in [1.54, 1.807) is 4.90 Å². The summed E-state index contributed by atoms with van der Waals surface area (Å²) in [7, 11) is 1.35. The van der Waals surface area contributed by atoms with Crippen LogP contribution in [0.5, 0.6) is 0 Å². The average molecular weight is 292 g/mol. The molecule has 1 N–H and O–H groups in total. The third-order valence-corrected chi connectivity index (χ3v) is 3.39. The molecule has 1 aromatic carbocycles. The molecule has 0 spiro atoms. The Morgan fingerprint density at radius 3 is 2.81 bits per heavy atom. The zero-order valence-electron chi connectivity index (χ0n) is 12.1. The normalized spacial score (nSPS) is 18.0. The molecular weight excluding hydrogens is 272 g/mol. The fourth-order valence-corrected chi connectivity index (χ4v) is 2.32. The van der Waals surface area contributed by atoms with Gasteiger partial charge in [-0.05, 0) is 18.4 Å². The fourth-order valence-electron chi connectivity index (χ4n) is 2.32. The molecule has 0 saturated carbocycles. The van der Waals surface area contributed by atoms with Crippen molar-refractivity contribution >= 4 is 12.2 Å². The smallest absolute Gasteiger partial charge is 0.409 e. The van der Waals surface area contributed by atoms with Crippen LogP contribution in [0.1, 0.15) is 18.4 Å². The van der Waals surface area contributed by atoms with Gasteiger partial charge in [0.1, 0.15) is 6.61 Å². The maximum absolute atomic E-state index is 11.8. The molecule has 2 rings (SSSR count). The van der Waals surface area contributed by atoms with Gasteiger partial charge in [-0.15, -0.1) is 0 Å². The highest BCUT2D eigenvalue weighted by molar-refractivity contribution is 5.69.